The van der Waals surface area contributed by atoms with Crippen LogP contribution in [0.5, 0.6) is 0 Å². The first-order chi connectivity index (χ1) is 13.6. The number of nitrogens with zero attached hydrogens (tertiary/aromatic N) is 4. The lowest BCUT2D eigenvalue weighted by Crippen LogP contribution is -2.14. The van der Waals surface area contributed by atoms with Gasteiger partial charge in [-0.25, -0.2) is 14.6 Å². The van der Waals surface area contributed by atoms with Crippen LogP contribution in [-0.2, 0) is 4.79 Å². The molecule has 2 aromatic heterocycles. The maximum absolute atomic E-state index is 12.3. The number of anilines is 1. The van der Waals surface area contributed by atoms with E-state index in [0.717, 1.165) is 26.3 Å². The molecule has 8 heteroatoms. The molecule has 0 radical (unpaired) electrons. The second kappa shape index (κ2) is 8.12. The number of para-hydroxylation sites is 1. The number of carbonyl (C=O) groups is 1. The Hall–Kier alpha value is -2.71. The number of fused-ring (bicyclic) bond motifs is 1. The summed E-state index contributed by atoms with van der Waals surface area (Å²) in [5.41, 5.74) is 3.57. The monoisotopic (exact) mass is 453 g/mol. The number of amides is 1. The number of nitrogens with one attached hydrogen (secondary N) is 1. The average Bonchev–Trinajstić information content (AvgIpc) is 3.13. The second-order valence-electron chi connectivity index (χ2n) is 6.12. The number of rotatable bonds is 5. The van der Waals surface area contributed by atoms with E-state index in [1.807, 2.05) is 55.5 Å². The van der Waals surface area contributed by atoms with Crippen LogP contribution in [-0.4, -0.2) is 31.4 Å². The smallest absolute Gasteiger partial charge is 0.234 e. The number of aryl methyl sites for hydroxylation is 1. The first kappa shape index (κ1) is 18.6. The van der Waals surface area contributed by atoms with Gasteiger partial charge in [0.1, 0.15) is 11.4 Å². The van der Waals surface area contributed by atoms with Gasteiger partial charge in [-0.15, -0.1) is 0 Å². The van der Waals surface area contributed by atoms with Crippen LogP contribution in [0, 0.1) is 6.92 Å². The molecule has 0 bridgehead atoms. The fourth-order valence-electron chi connectivity index (χ4n) is 2.70. The standard InChI is InChI=1S/C20H16BrN5OS/c1-13-6-8-14(9-7-13)26-19-15(10-24-26)20(23-12-22-19)28-11-18(27)25-17-5-3-2-4-16(17)21/h2-10,12H,11H2,1H3,(H,25,27). The van der Waals surface area contributed by atoms with E-state index >= 15 is 0 Å². The highest BCUT2D eigenvalue weighted by Crippen LogP contribution is 2.27. The molecule has 1 amide bonds. The van der Waals surface area contributed by atoms with Crippen LogP contribution >= 0.6 is 27.7 Å². The molecule has 0 aliphatic rings. The maximum Gasteiger partial charge on any atom is 0.234 e. The van der Waals surface area contributed by atoms with Crippen molar-refractivity contribution in [3.63, 3.8) is 0 Å². The van der Waals surface area contributed by atoms with Gasteiger partial charge in [0.2, 0.25) is 5.91 Å². The van der Waals surface area contributed by atoms with E-state index in [-0.39, 0.29) is 11.7 Å². The lowest BCUT2D eigenvalue weighted by Gasteiger charge is -2.07. The summed E-state index contributed by atoms with van der Waals surface area (Å²) in [6.07, 6.45) is 3.24. The minimum Gasteiger partial charge on any atom is -0.324 e. The summed E-state index contributed by atoms with van der Waals surface area (Å²) in [4.78, 5) is 21.0. The van der Waals surface area contributed by atoms with E-state index in [4.69, 9.17) is 0 Å². The molecule has 0 saturated heterocycles. The Morgan fingerprint density at radius 1 is 1.14 bits per heavy atom. The minimum atomic E-state index is -0.102. The van der Waals surface area contributed by atoms with Crippen molar-refractivity contribution < 1.29 is 4.79 Å². The first-order valence-electron chi connectivity index (χ1n) is 8.55. The maximum atomic E-state index is 12.3. The highest BCUT2D eigenvalue weighted by molar-refractivity contribution is 9.10. The highest BCUT2D eigenvalue weighted by atomic mass is 79.9. The van der Waals surface area contributed by atoms with Gasteiger partial charge in [0.15, 0.2) is 5.65 Å². The SMILES string of the molecule is Cc1ccc(-n2ncc3c(SCC(=O)Nc4ccccc4Br)ncnc32)cc1. The molecule has 0 saturated carbocycles. The summed E-state index contributed by atoms with van der Waals surface area (Å²) in [6, 6.07) is 15.6. The highest BCUT2D eigenvalue weighted by Gasteiger charge is 2.13. The van der Waals surface area contributed by atoms with E-state index in [1.54, 1.807) is 10.9 Å². The third-order valence-electron chi connectivity index (χ3n) is 4.10. The van der Waals surface area contributed by atoms with Gasteiger partial charge in [0, 0.05) is 4.47 Å². The number of carbonyl (C=O) groups excluding carboxylic acids is 1. The van der Waals surface area contributed by atoms with Crippen molar-refractivity contribution in [2.75, 3.05) is 11.1 Å². The lowest BCUT2D eigenvalue weighted by atomic mass is 10.2. The number of benzene rings is 2. The van der Waals surface area contributed by atoms with Crippen LogP contribution in [0.1, 0.15) is 5.56 Å². The van der Waals surface area contributed by atoms with Crippen molar-refractivity contribution in [2.24, 2.45) is 0 Å². The zero-order chi connectivity index (χ0) is 19.5. The van der Waals surface area contributed by atoms with Crippen molar-refractivity contribution in [2.45, 2.75) is 11.9 Å². The van der Waals surface area contributed by atoms with E-state index in [9.17, 15) is 4.79 Å². The van der Waals surface area contributed by atoms with E-state index in [1.165, 1.54) is 23.7 Å². The summed E-state index contributed by atoms with van der Waals surface area (Å²) < 4.78 is 2.62. The fraction of sp³-hybridized carbons (Fsp3) is 0.100. The van der Waals surface area contributed by atoms with Gasteiger partial charge in [0.05, 0.1) is 28.7 Å². The Labute approximate surface area is 174 Å². The second-order valence-corrected chi connectivity index (χ2v) is 7.94. The van der Waals surface area contributed by atoms with E-state index in [0.29, 0.717) is 5.65 Å². The number of hydrogen-bond donors (Lipinski definition) is 1. The van der Waals surface area contributed by atoms with Crippen LogP contribution in [0.4, 0.5) is 5.69 Å². The van der Waals surface area contributed by atoms with Gasteiger partial charge in [-0.2, -0.15) is 5.10 Å². The fourth-order valence-corrected chi connectivity index (χ4v) is 3.84. The molecule has 0 atom stereocenters. The molecule has 140 valence electrons. The van der Waals surface area contributed by atoms with Gasteiger partial charge >= 0.3 is 0 Å². The van der Waals surface area contributed by atoms with Crippen molar-refractivity contribution in [1.29, 1.82) is 0 Å². The summed E-state index contributed by atoms with van der Waals surface area (Å²) in [7, 11) is 0. The van der Waals surface area contributed by atoms with Gasteiger partial charge in [-0.05, 0) is 47.1 Å². The van der Waals surface area contributed by atoms with Crippen molar-refractivity contribution in [3.8, 4) is 5.69 Å². The molecule has 2 heterocycles. The third-order valence-corrected chi connectivity index (χ3v) is 5.79. The van der Waals surface area contributed by atoms with Crippen molar-refractivity contribution in [3.05, 3.63) is 71.1 Å². The normalized spacial score (nSPS) is 10.9. The molecule has 28 heavy (non-hydrogen) atoms. The van der Waals surface area contributed by atoms with Gasteiger partial charge in [-0.1, -0.05) is 41.6 Å². The summed E-state index contributed by atoms with van der Waals surface area (Å²) in [6.45, 7) is 2.04. The van der Waals surface area contributed by atoms with Gasteiger partial charge < -0.3 is 5.32 Å². The zero-order valence-corrected chi connectivity index (χ0v) is 17.4. The molecule has 0 aliphatic heterocycles. The third kappa shape index (κ3) is 3.93. The summed E-state index contributed by atoms with van der Waals surface area (Å²) in [5.74, 6) is 0.137. The topological polar surface area (TPSA) is 72.7 Å². The number of aromatic nitrogens is 4. The van der Waals surface area contributed by atoms with Crippen LogP contribution in [0.15, 0.2) is 70.6 Å². The lowest BCUT2D eigenvalue weighted by molar-refractivity contribution is -0.113. The first-order valence-corrected chi connectivity index (χ1v) is 10.3. The molecular formula is C20H16BrN5OS. The molecule has 0 aliphatic carbocycles. The van der Waals surface area contributed by atoms with Crippen LogP contribution in [0.2, 0.25) is 0 Å². The number of thioether (sulfide) groups is 1. The number of hydrogen-bond acceptors (Lipinski definition) is 5. The Kier molecular flexibility index (Phi) is 5.40. The minimum absolute atomic E-state index is 0.102. The van der Waals surface area contributed by atoms with Crippen molar-refractivity contribution >= 4 is 50.3 Å². The molecular weight excluding hydrogens is 438 g/mol. The predicted octanol–water partition coefficient (Wildman–Crippen LogP) is 4.62. The molecule has 4 rings (SSSR count). The van der Waals surface area contributed by atoms with Crippen LogP contribution in [0.25, 0.3) is 16.7 Å². The largest absolute Gasteiger partial charge is 0.324 e. The van der Waals surface area contributed by atoms with Crippen molar-refractivity contribution in [1.82, 2.24) is 19.7 Å². The molecule has 6 nitrogen and oxygen atoms in total. The van der Waals surface area contributed by atoms with Gasteiger partial charge in [0.25, 0.3) is 0 Å². The van der Waals surface area contributed by atoms with E-state index in [2.05, 4.69) is 36.3 Å². The zero-order valence-electron chi connectivity index (χ0n) is 15.0. The van der Waals surface area contributed by atoms with Crippen LogP contribution < -0.4 is 5.32 Å². The molecule has 1 N–H and O–H groups in total. The Morgan fingerprint density at radius 2 is 1.93 bits per heavy atom. The Morgan fingerprint density at radius 3 is 2.71 bits per heavy atom. The predicted molar refractivity (Wildman–Crippen MR) is 115 cm³/mol. The Bertz CT molecular complexity index is 1140. The molecule has 0 spiro atoms. The van der Waals surface area contributed by atoms with Gasteiger partial charge in [-0.3, -0.25) is 4.79 Å². The molecule has 0 unspecified atom stereocenters. The van der Waals surface area contributed by atoms with E-state index < -0.39 is 0 Å². The molecule has 4 aromatic rings. The summed E-state index contributed by atoms with van der Waals surface area (Å²) >= 11 is 4.79. The summed E-state index contributed by atoms with van der Waals surface area (Å²) in [5, 5.41) is 8.90. The Balaban J connectivity index is 1.52. The quantitative estimate of drug-likeness (QED) is 0.352. The molecule has 0 fully saturated rings. The number of halogens is 1. The molecule has 2 aromatic carbocycles. The average molecular weight is 454 g/mol. The van der Waals surface area contributed by atoms with Crippen LogP contribution in [0.3, 0.4) is 0 Å².